The average molecular weight is 399 g/mol. The van der Waals surface area contributed by atoms with Gasteiger partial charge in [0.25, 0.3) is 5.89 Å². The van der Waals surface area contributed by atoms with Gasteiger partial charge in [0, 0.05) is 17.3 Å². The number of pyridine rings is 1. The van der Waals surface area contributed by atoms with Crippen molar-refractivity contribution in [1.29, 1.82) is 0 Å². The van der Waals surface area contributed by atoms with Crippen LogP contribution in [0, 0.1) is 0 Å². The van der Waals surface area contributed by atoms with E-state index in [2.05, 4.69) is 20.3 Å². The van der Waals surface area contributed by atoms with Gasteiger partial charge in [0.1, 0.15) is 6.29 Å². The summed E-state index contributed by atoms with van der Waals surface area (Å²) < 4.78 is 36.1. The van der Waals surface area contributed by atoms with Crippen molar-refractivity contribution in [3.05, 3.63) is 70.3 Å². The van der Waals surface area contributed by atoms with Gasteiger partial charge in [-0.25, -0.2) is 4.79 Å². The lowest BCUT2D eigenvalue weighted by Crippen LogP contribution is -2.17. The lowest BCUT2D eigenvalue weighted by molar-refractivity contribution is 0.112. The largest absolute Gasteiger partial charge is 0.437 e. The van der Waals surface area contributed by atoms with Crippen molar-refractivity contribution in [1.82, 2.24) is 25.0 Å². The van der Waals surface area contributed by atoms with E-state index < -0.39 is 18.1 Å². The number of alkyl halides is 2. The SMILES string of the molecule is O=Cc1ccc(-c2nn(Cc3ccc(-c4nnc(C(F)F)o4)cn3)c(=O)o2)cc1. The number of hydrogen-bond acceptors (Lipinski definition) is 8. The maximum Gasteiger partial charge on any atom is 0.437 e. The van der Waals surface area contributed by atoms with E-state index in [1.165, 1.54) is 6.20 Å². The number of halogens is 2. The van der Waals surface area contributed by atoms with E-state index in [1.807, 2.05) is 0 Å². The van der Waals surface area contributed by atoms with E-state index in [4.69, 9.17) is 8.83 Å². The number of hydrogen-bond donors (Lipinski definition) is 0. The smallest absolute Gasteiger partial charge is 0.415 e. The molecule has 9 nitrogen and oxygen atoms in total. The molecule has 0 saturated carbocycles. The Morgan fingerprint density at radius 3 is 2.38 bits per heavy atom. The van der Waals surface area contributed by atoms with Gasteiger partial charge >= 0.3 is 12.2 Å². The number of benzene rings is 1. The molecular formula is C18H11F2N5O4. The van der Waals surface area contributed by atoms with E-state index in [0.29, 0.717) is 28.7 Å². The molecule has 4 aromatic rings. The first-order chi connectivity index (χ1) is 14.0. The van der Waals surface area contributed by atoms with Crippen molar-refractivity contribution < 1.29 is 22.4 Å². The fraction of sp³-hybridized carbons (Fsp3) is 0.111. The number of rotatable bonds is 6. The Morgan fingerprint density at radius 1 is 1.00 bits per heavy atom. The van der Waals surface area contributed by atoms with Gasteiger partial charge in [-0.05, 0) is 24.3 Å². The predicted octanol–water partition coefficient (Wildman–Crippen LogP) is 2.75. The molecule has 11 heteroatoms. The minimum Gasteiger partial charge on any atom is -0.415 e. The van der Waals surface area contributed by atoms with Crippen molar-refractivity contribution >= 4 is 6.29 Å². The molecule has 3 heterocycles. The maximum absolute atomic E-state index is 12.5. The molecule has 0 radical (unpaired) electrons. The molecule has 0 unspecified atom stereocenters. The highest BCUT2D eigenvalue weighted by molar-refractivity contribution is 5.75. The van der Waals surface area contributed by atoms with Crippen LogP contribution in [0.2, 0.25) is 0 Å². The second kappa shape index (κ2) is 7.54. The topological polar surface area (TPSA) is 117 Å². The standard InChI is InChI=1S/C18H11F2N5O4/c19-14(20)17-23-22-15(28-17)12-5-6-13(21-7-12)8-25-18(27)29-16(24-25)11-3-1-10(9-26)2-4-11/h1-7,9,14H,8H2. The first kappa shape index (κ1) is 18.3. The van der Waals surface area contributed by atoms with Crippen molar-refractivity contribution in [3.63, 3.8) is 0 Å². The Kier molecular flexibility index (Phi) is 4.77. The summed E-state index contributed by atoms with van der Waals surface area (Å²) in [6.07, 6.45) is -0.787. The van der Waals surface area contributed by atoms with Crippen LogP contribution in [0.1, 0.15) is 28.4 Å². The van der Waals surface area contributed by atoms with Crippen LogP contribution in [0.25, 0.3) is 22.9 Å². The van der Waals surface area contributed by atoms with Crippen LogP contribution in [-0.4, -0.2) is 31.2 Å². The Morgan fingerprint density at radius 2 is 1.76 bits per heavy atom. The van der Waals surface area contributed by atoms with Crippen LogP contribution in [-0.2, 0) is 6.54 Å². The highest BCUT2D eigenvalue weighted by atomic mass is 19.3. The van der Waals surface area contributed by atoms with E-state index in [9.17, 15) is 18.4 Å². The molecule has 146 valence electrons. The maximum atomic E-state index is 12.5. The van der Waals surface area contributed by atoms with Crippen LogP contribution in [0.3, 0.4) is 0 Å². The summed E-state index contributed by atoms with van der Waals surface area (Å²) in [4.78, 5) is 26.9. The van der Waals surface area contributed by atoms with Crippen LogP contribution < -0.4 is 5.76 Å². The molecule has 0 fully saturated rings. The van der Waals surface area contributed by atoms with Gasteiger partial charge in [0.05, 0.1) is 17.8 Å². The Hall–Kier alpha value is -4.02. The van der Waals surface area contributed by atoms with E-state index in [-0.39, 0.29) is 18.3 Å². The van der Waals surface area contributed by atoms with Gasteiger partial charge in [0.2, 0.25) is 11.8 Å². The summed E-state index contributed by atoms with van der Waals surface area (Å²) in [5.74, 6) is -1.43. The van der Waals surface area contributed by atoms with E-state index >= 15 is 0 Å². The molecule has 0 spiro atoms. The van der Waals surface area contributed by atoms with E-state index in [0.717, 1.165) is 4.68 Å². The Labute approximate surface area is 160 Å². The summed E-state index contributed by atoms with van der Waals surface area (Å²) in [5.41, 5.74) is 1.86. The molecule has 0 aliphatic rings. The molecule has 29 heavy (non-hydrogen) atoms. The number of aromatic nitrogens is 5. The van der Waals surface area contributed by atoms with Crippen molar-refractivity contribution in [2.45, 2.75) is 13.0 Å². The fourth-order valence-corrected chi connectivity index (χ4v) is 2.46. The molecule has 0 saturated heterocycles. The molecule has 4 rings (SSSR count). The quantitative estimate of drug-likeness (QED) is 0.454. The predicted molar refractivity (Wildman–Crippen MR) is 93.2 cm³/mol. The highest BCUT2D eigenvalue weighted by Gasteiger charge is 2.17. The summed E-state index contributed by atoms with van der Waals surface area (Å²) in [6.45, 7) is 0.0289. The molecular weight excluding hydrogens is 388 g/mol. The van der Waals surface area contributed by atoms with Gasteiger partial charge in [0.15, 0.2) is 0 Å². The second-order valence-corrected chi connectivity index (χ2v) is 5.85. The van der Waals surface area contributed by atoms with Crippen LogP contribution >= 0.6 is 0 Å². The zero-order chi connectivity index (χ0) is 20.4. The van der Waals surface area contributed by atoms with Crippen molar-refractivity contribution in [2.75, 3.05) is 0 Å². The van der Waals surface area contributed by atoms with E-state index in [1.54, 1.807) is 36.4 Å². The summed E-state index contributed by atoms with van der Waals surface area (Å²) in [6, 6.07) is 9.52. The van der Waals surface area contributed by atoms with Crippen LogP contribution in [0.5, 0.6) is 0 Å². The molecule has 0 atom stereocenters. The lowest BCUT2D eigenvalue weighted by atomic mass is 10.1. The number of carbonyl (C=O) groups excluding carboxylic acids is 1. The fourth-order valence-electron chi connectivity index (χ4n) is 2.46. The molecule has 0 aliphatic heterocycles. The minimum absolute atomic E-state index is 0.0289. The van der Waals surface area contributed by atoms with Gasteiger partial charge in [-0.2, -0.15) is 13.5 Å². The molecule has 0 aliphatic carbocycles. The number of nitrogens with zero attached hydrogens (tertiary/aromatic N) is 5. The molecule has 0 N–H and O–H groups in total. The molecule has 0 bridgehead atoms. The molecule has 1 aromatic carbocycles. The third kappa shape index (κ3) is 3.83. The van der Waals surface area contributed by atoms with Crippen LogP contribution in [0.15, 0.2) is 56.2 Å². The minimum atomic E-state index is -2.86. The lowest BCUT2D eigenvalue weighted by Gasteiger charge is -2.00. The normalized spacial score (nSPS) is 11.1. The monoisotopic (exact) mass is 399 g/mol. The molecule has 3 aromatic heterocycles. The second-order valence-electron chi connectivity index (χ2n) is 5.85. The third-order valence-corrected chi connectivity index (χ3v) is 3.91. The van der Waals surface area contributed by atoms with Gasteiger partial charge in [-0.3, -0.25) is 9.78 Å². The average Bonchev–Trinajstić information content (AvgIpc) is 3.36. The summed E-state index contributed by atoms with van der Waals surface area (Å²) >= 11 is 0. The Bertz CT molecular complexity index is 1200. The highest BCUT2D eigenvalue weighted by Crippen LogP contribution is 2.23. The van der Waals surface area contributed by atoms with Gasteiger partial charge in [-0.1, -0.05) is 12.1 Å². The van der Waals surface area contributed by atoms with Gasteiger partial charge in [-0.15, -0.1) is 15.3 Å². The van der Waals surface area contributed by atoms with Gasteiger partial charge < -0.3 is 8.83 Å². The number of carbonyl (C=O) groups is 1. The van der Waals surface area contributed by atoms with Crippen LogP contribution in [0.4, 0.5) is 8.78 Å². The molecule has 0 amide bonds. The van der Waals surface area contributed by atoms with Crippen molar-refractivity contribution in [3.8, 4) is 22.9 Å². The number of aldehydes is 1. The third-order valence-electron chi connectivity index (χ3n) is 3.91. The zero-order valence-electron chi connectivity index (χ0n) is 14.5. The Balaban J connectivity index is 1.52. The first-order valence-corrected chi connectivity index (χ1v) is 8.24. The summed E-state index contributed by atoms with van der Waals surface area (Å²) in [7, 11) is 0. The summed E-state index contributed by atoms with van der Waals surface area (Å²) in [5, 5.41) is 10.9. The zero-order valence-corrected chi connectivity index (χ0v) is 14.5. The first-order valence-electron chi connectivity index (χ1n) is 8.24. The van der Waals surface area contributed by atoms with Crippen molar-refractivity contribution in [2.24, 2.45) is 0 Å².